The Morgan fingerprint density at radius 3 is 2.32 bits per heavy atom. The van der Waals surface area contributed by atoms with Crippen molar-refractivity contribution in [1.29, 1.82) is 0 Å². The number of amidine groups is 1. The van der Waals surface area contributed by atoms with Crippen LogP contribution in [0.5, 0.6) is 0 Å². The van der Waals surface area contributed by atoms with E-state index in [4.69, 9.17) is 23.2 Å². The van der Waals surface area contributed by atoms with Gasteiger partial charge in [0.1, 0.15) is 5.84 Å². The number of sulfonamides is 1. The van der Waals surface area contributed by atoms with Gasteiger partial charge in [0.25, 0.3) is 10.0 Å². The molecule has 0 aromatic heterocycles. The van der Waals surface area contributed by atoms with Crippen LogP contribution in [-0.4, -0.2) is 20.8 Å². The summed E-state index contributed by atoms with van der Waals surface area (Å²) in [6, 6.07) is 12.8. The fourth-order valence-electron chi connectivity index (χ4n) is 1.78. The predicted octanol–water partition coefficient (Wildman–Crippen LogP) is 3.74. The second-order valence-corrected chi connectivity index (χ2v) is 6.89. The summed E-state index contributed by atoms with van der Waals surface area (Å²) in [7, 11) is -3.76. The highest BCUT2D eigenvalue weighted by Crippen LogP contribution is 2.18. The molecule has 22 heavy (non-hydrogen) atoms. The molecule has 0 radical (unpaired) electrons. The quantitative estimate of drug-likeness (QED) is 0.669. The summed E-state index contributed by atoms with van der Waals surface area (Å²) in [5, 5.41) is 0.890. The molecule has 116 valence electrons. The minimum absolute atomic E-state index is 0.104. The number of benzene rings is 2. The second-order valence-electron chi connectivity index (χ2n) is 4.36. The van der Waals surface area contributed by atoms with Gasteiger partial charge in [-0.3, -0.25) is 9.71 Å². The highest BCUT2D eigenvalue weighted by molar-refractivity contribution is 7.90. The van der Waals surface area contributed by atoms with Gasteiger partial charge < -0.3 is 0 Å². The smallest absolute Gasteiger partial charge is 0.263 e. The number of hydrogen-bond donors (Lipinski definition) is 1. The van der Waals surface area contributed by atoms with Crippen LogP contribution in [0.1, 0.15) is 12.5 Å². The average Bonchev–Trinajstić information content (AvgIpc) is 2.47. The highest BCUT2D eigenvalue weighted by atomic mass is 35.5. The van der Waals surface area contributed by atoms with Crippen LogP contribution < -0.4 is 4.72 Å². The SMILES string of the molecule is CCN=C(NS(=O)(=O)c1ccc(Cl)cc1)c1ccccc1Cl. The zero-order chi connectivity index (χ0) is 16.2. The molecular formula is C15H14Cl2N2O2S. The van der Waals surface area contributed by atoms with Gasteiger partial charge in [-0.1, -0.05) is 35.3 Å². The third-order valence-corrected chi connectivity index (χ3v) is 4.74. The third kappa shape index (κ3) is 4.00. The summed E-state index contributed by atoms with van der Waals surface area (Å²) in [6.45, 7) is 2.23. The molecule has 0 spiro atoms. The van der Waals surface area contributed by atoms with Gasteiger partial charge in [-0.15, -0.1) is 0 Å². The molecule has 0 amide bonds. The van der Waals surface area contributed by atoms with Crippen molar-refractivity contribution in [2.24, 2.45) is 4.99 Å². The molecule has 2 aromatic carbocycles. The summed E-state index contributed by atoms with van der Waals surface area (Å²) in [4.78, 5) is 4.30. The number of rotatable bonds is 4. The lowest BCUT2D eigenvalue weighted by molar-refractivity contribution is 0.592. The van der Waals surface area contributed by atoms with Crippen molar-refractivity contribution in [1.82, 2.24) is 4.72 Å². The first-order chi connectivity index (χ1) is 10.4. The van der Waals surface area contributed by atoms with Crippen molar-refractivity contribution in [2.45, 2.75) is 11.8 Å². The summed E-state index contributed by atoms with van der Waals surface area (Å²) in [5.41, 5.74) is 0.531. The summed E-state index contributed by atoms with van der Waals surface area (Å²) in [5.74, 6) is 0.211. The Labute approximate surface area is 139 Å². The number of halogens is 2. The van der Waals surface area contributed by atoms with Crippen LogP contribution >= 0.6 is 23.2 Å². The van der Waals surface area contributed by atoms with E-state index in [1.807, 2.05) is 6.92 Å². The zero-order valence-corrected chi connectivity index (χ0v) is 14.1. The highest BCUT2D eigenvalue weighted by Gasteiger charge is 2.18. The van der Waals surface area contributed by atoms with Gasteiger partial charge in [-0.2, -0.15) is 0 Å². The predicted molar refractivity (Wildman–Crippen MR) is 90.3 cm³/mol. The number of aliphatic imine (C=N–C) groups is 1. The van der Waals surface area contributed by atoms with E-state index in [-0.39, 0.29) is 10.7 Å². The largest absolute Gasteiger partial charge is 0.268 e. The van der Waals surface area contributed by atoms with E-state index < -0.39 is 10.0 Å². The maximum Gasteiger partial charge on any atom is 0.263 e. The first kappa shape index (κ1) is 16.8. The van der Waals surface area contributed by atoms with Crippen molar-refractivity contribution >= 4 is 39.1 Å². The summed E-state index contributed by atoms with van der Waals surface area (Å²) >= 11 is 11.9. The molecule has 0 saturated heterocycles. The molecule has 0 heterocycles. The molecular weight excluding hydrogens is 343 g/mol. The Hall–Kier alpha value is -1.56. The molecule has 0 aliphatic carbocycles. The maximum atomic E-state index is 12.4. The van der Waals surface area contributed by atoms with E-state index in [0.29, 0.717) is 22.2 Å². The van der Waals surface area contributed by atoms with E-state index in [1.54, 1.807) is 24.3 Å². The van der Waals surface area contributed by atoms with E-state index in [9.17, 15) is 8.42 Å². The monoisotopic (exact) mass is 356 g/mol. The number of hydrogen-bond acceptors (Lipinski definition) is 3. The molecule has 7 heteroatoms. The first-order valence-corrected chi connectivity index (χ1v) is 8.75. The van der Waals surface area contributed by atoms with Gasteiger partial charge in [0.05, 0.1) is 9.92 Å². The molecule has 0 bridgehead atoms. The minimum Gasteiger partial charge on any atom is -0.268 e. The molecule has 0 aliphatic heterocycles. The molecule has 2 rings (SSSR count). The molecule has 4 nitrogen and oxygen atoms in total. The molecule has 1 N–H and O–H groups in total. The maximum absolute atomic E-state index is 12.4. The van der Waals surface area contributed by atoms with Gasteiger partial charge in [0, 0.05) is 17.1 Å². The van der Waals surface area contributed by atoms with Gasteiger partial charge >= 0.3 is 0 Å². The molecule has 2 aromatic rings. The van der Waals surface area contributed by atoms with Crippen molar-refractivity contribution in [3.05, 3.63) is 64.1 Å². The molecule has 0 aliphatic rings. The fourth-order valence-corrected chi connectivity index (χ4v) is 3.18. The molecule has 0 unspecified atom stereocenters. The molecule has 0 atom stereocenters. The van der Waals surface area contributed by atoms with Crippen LogP contribution in [-0.2, 0) is 10.0 Å². The number of nitrogens with one attached hydrogen (secondary N) is 1. The third-order valence-electron chi connectivity index (χ3n) is 2.80. The van der Waals surface area contributed by atoms with Gasteiger partial charge in [0.15, 0.2) is 0 Å². The fraction of sp³-hybridized carbons (Fsp3) is 0.133. The Bertz CT molecular complexity index is 787. The Balaban J connectivity index is 2.38. The lowest BCUT2D eigenvalue weighted by Crippen LogP contribution is -2.31. The van der Waals surface area contributed by atoms with Crippen molar-refractivity contribution < 1.29 is 8.42 Å². The Morgan fingerprint density at radius 2 is 1.73 bits per heavy atom. The molecule has 0 saturated carbocycles. The lowest BCUT2D eigenvalue weighted by atomic mass is 10.2. The lowest BCUT2D eigenvalue weighted by Gasteiger charge is -2.12. The Morgan fingerprint density at radius 1 is 1.09 bits per heavy atom. The molecule has 0 fully saturated rings. The van der Waals surface area contributed by atoms with Crippen molar-refractivity contribution in [3.8, 4) is 0 Å². The Kier molecular flexibility index (Phi) is 5.45. The van der Waals surface area contributed by atoms with Crippen LogP contribution in [0.25, 0.3) is 0 Å². The topological polar surface area (TPSA) is 58.5 Å². The minimum atomic E-state index is -3.76. The standard InChI is InChI=1S/C15H14Cl2N2O2S/c1-2-18-15(13-5-3-4-6-14(13)17)19-22(20,21)12-9-7-11(16)8-10-12/h3-10H,2H2,1H3,(H,18,19). The van der Waals surface area contributed by atoms with Crippen LogP contribution in [0.15, 0.2) is 58.4 Å². The van der Waals surface area contributed by atoms with Crippen molar-refractivity contribution in [2.75, 3.05) is 6.54 Å². The van der Waals surface area contributed by atoms with Crippen LogP contribution in [0, 0.1) is 0 Å². The zero-order valence-electron chi connectivity index (χ0n) is 11.8. The van der Waals surface area contributed by atoms with E-state index in [1.165, 1.54) is 24.3 Å². The summed E-state index contributed by atoms with van der Waals surface area (Å²) in [6.07, 6.45) is 0. The van der Waals surface area contributed by atoms with Crippen LogP contribution in [0.4, 0.5) is 0 Å². The van der Waals surface area contributed by atoms with Gasteiger partial charge in [-0.25, -0.2) is 8.42 Å². The average molecular weight is 357 g/mol. The van der Waals surface area contributed by atoms with E-state index in [0.717, 1.165) is 0 Å². The first-order valence-electron chi connectivity index (χ1n) is 6.52. The van der Waals surface area contributed by atoms with E-state index in [2.05, 4.69) is 9.71 Å². The normalized spacial score (nSPS) is 12.2. The van der Waals surface area contributed by atoms with E-state index >= 15 is 0 Å². The van der Waals surface area contributed by atoms with Crippen LogP contribution in [0.2, 0.25) is 10.0 Å². The van der Waals surface area contributed by atoms with Gasteiger partial charge in [0.2, 0.25) is 0 Å². The van der Waals surface area contributed by atoms with Crippen LogP contribution in [0.3, 0.4) is 0 Å². The van der Waals surface area contributed by atoms with Gasteiger partial charge in [-0.05, 0) is 43.3 Å². The number of nitrogens with zero attached hydrogens (tertiary/aromatic N) is 1. The second kappa shape index (κ2) is 7.13. The summed E-state index contributed by atoms with van der Waals surface area (Å²) < 4.78 is 27.4. The van der Waals surface area contributed by atoms with Crippen molar-refractivity contribution in [3.63, 3.8) is 0 Å².